The molecule has 1 saturated carbocycles. The van der Waals surface area contributed by atoms with Gasteiger partial charge in [-0.25, -0.2) is 4.79 Å². The van der Waals surface area contributed by atoms with Crippen LogP contribution in [0.3, 0.4) is 0 Å². The second-order valence-corrected chi connectivity index (χ2v) is 7.44. The van der Waals surface area contributed by atoms with Crippen LogP contribution in [0.15, 0.2) is 42.5 Å². The Labute approximate surface area is 168 Å². The van der Waals surface area contributed by atoms with Crippen LogP contribution in [0.25, 0.3) is 0 Å². The number of para-hydroxylation sites is 1. The summed E-state index contributed by atoms with van der Waals surface area (Å²) in [4.78, 5) is 23.6. The van der Waals surface area contributed by atoms with E-state index in [9.17, 15) is 24.7 Å². The molecule has 1 aliphatic carbocycles. The molecule has 0 saturated heterocycles. The van der Waals surface area contributed by atoms with E-state index < -0.39 is 24.7 Å². The lowest BCUT2D eigenvalue weighted by atomic mass is 9.69. The largest absolute Gasteiger partial charge is 0.507 e. The summed E-state index contributed by atoms with van der Waals surface area (Å²) in [5.41, 5.74) is 7.08. The molecule has 2 aromatic carbocycles. The molecule has 0 heterocycles. The molecule has 0 radical (unpaired) electrons. The van der Waals surface area contributed by atoms with Crippen LogP contribution in [0.2, 0.25) is 5.82 Å². The molecule has 2 aromatic rings. The Bertz CT molecular complexity index is 929. The lowest BCUT2D eigenvalue weighted by molar-refractivity contribution is 0.0693. The summed E-state index contributed by atoms with van der Waals surface area (Å²) in [6, 6.07) is 11.2. The molecular weight excluding hydrogens is 375 g/mol. The van der Waals surface area contributed by atoms with E-state index in [1.54, 1.807) is 18.2 Å². The van der Waals surface area contributed by atoms with Crippen molar-refractivity contribution in [2.75, 3.05) is 6.54 Å². The van der Waals surface area contributed by atoms with Gasteiger partial charge in [0.2, 0.25) is 0 Å². The van der Waals surface area contributed by atoms with Gasteiger partial charge in [-0.15, -0.1) is 0 Å². The summed E-state index contributed by atoms with van der Waals surface area (Å²) in [6.45, 7) is -0.0781. The number of carbonyl (C=O) groups is 2. The SMILES string of the molecule is NC1(c2cccc(C(=O)NCC(Cc3cccc(C(=O)O)c3O)B(O)O)c2)CC1. The zero-order valence-corrected chi connectivity index (χ0v) is 15.7. The molecule has 1 amide bonds. The number of rotatable bonds is 8. The van der Waals surface area contributed by atoms with Crippen molar-refractivity contribution in [3.8, 4) is 5.75 Å². The summed E-state index contributed by atoms with van der Waals surface area (Å²) in [5, 5.41) is 41.2. The lowest BCUT2D eigenvalue weighted by Gasteiger charge is -2.18. The number of hydrogen-bond donors (Lipinski definition) is 6. The van der Waals surface area contributed by atoms with Crippen LogP contribution in [-0.4, -0.2) is 45.8 Å². The number of nitrogens with one attached hydrogen (secondary N) is 1. The van der Waals surface area contributed by atoms with Crippen molar-refractivity contribution in [1.29, 1.82) is 0 Å². The van der Waals surface area contributed by atoms with Gasteiger partial charge in [0.15, 0.2) is 0 Å². The molecule has 152 valence electrons. The molecule has 0 spiro atoms. The smallest absolute Gasteiger partial charge is 0.456 e. The van der Waals surface area contributed by atoms with Crippen molar-refractivity contribution >= 4 is 19.0 Å². The predicted molar refractivity (Wildman–Crippen MR) is 107 cm³/mol. The summed E-state index contributed by atoms with van der Waals surface area (Å²) in [5.74, 6) is -2.94. The lowest BCUT2D eigenvalue weighted by Crippen LogP contribution is -2.35. The highest BCUT2D eigenvalue weighted by atomic mass is 16.4. The summed E-state index contributed by atoms with van der Waals surface area (Å²) >= 11 is 0. The molecule has 1 atom stereocenters. The molecule has 0 aliphatic heterocycles. The molecule has 8 nitrogen and oxygen atoms in total. The minimum atomic E-state index is -1.77. The third kappa shape index (κ3) is 4.76. The van der Waals surface area contributed by atoms with E-state index in [2.05, 4.69) is 5.32 Å². The Morgan fingerprint density at radius 1 is 1.17 bits per heavy atom. The second-order valence-electron chi connectivity index (χ2n) is 7.44. The van der Waals surface area contributed by atoms with Crippen molar-refractivity contribution < 1.29 is 29.9 Å². The highest BCUT2D eigenvalue weighted by molar-refractivity contribution is 6.43. The number of carbonyl (C=O) groups excluding carboxylic acids is 1. The first-order valence-electron chi connectivity index (χ1n) is 9.29. The van der Waals surface area contributed by atoms with Gasteiger partial charge in [-0.3, -0.25) is 4.79 Å². The van der Waals surface area contributed by atoms with Gasteiger partial charge in [0, 0.05) is 23.5 Å². The third-order valence-corrected chi connectivity index (χ3v) is 5.27. The maximum Gasteiger partial charge on any atom is 0.456 e. The average molecular weight is 398 g/mol. The number of aromatic carboxylic acids is 1. The van der Waals surface area contributed by atoms with Gasteiger partial charge in [-0.2, -0.15) is 0 Å². The van der Waals surface area contributed by atoms with Gasteiger partial charge in [-0.1, -0.05) is 24.3 Å². The Morgan fingerprint density at radius 2 is 1.86 bits per heavy atom. The van der Waals surface area contributed by atoms with Gasteiger partial charge in [0.25, 0.3) is 5.91 Å². The molecule has 1 fully saturated rings. The molecule has 0 bridgehead atoms. The minimum absolute atomic E-state index is 0.0309. The molecule has 3 rings (SSSR count). The van der Waals surface area contributed by atoms with Gasteiger partial charge >= 0.3 is 13.1 Å². The number of carboxylic acids is 1. The molecule has 1 aliphatic rings. The third-order valence-electron chi connectivity index (χ3n) is 5.27. The minimum Gasteiger partial charge on any atom is -0.507 e. The summed E-state index contributed by atoms with van der Waals surface area (Å²) in [6.07, 6.45) is 1.71. The van der Waals surface area contributed by atoms with E-state index >= 15 is 0 Å². The predicted octanol–water partition coefficient (Wildman–Crippen LogP) is 0.854. The first-order valence-corrected chi connectivity index (χ1v) is 9.29. The van der Waals surface area contributed by atoms with Crippen molar-refractivity contribution in [2.24, 2.45) is 5.73 Å². The number of carboxylic acid groups (broad SMARTS) is 1. The highest BCUT2D eigenvalue weighted by Crippen LogP contribution is 2.42. The van der Waals surface area contributed by atoms with Gasteiger partial charge in [-0.05, 0) is 48.6 Å². The van der Waals surface area contributed by atoms with Crippen LogP contribution in [0.5, 0.6) is 5.75 Å². The summed E-state index contributed by atoms with van der Waals surface area (Å²) in [7, 11) is -1.77. The van der Waals surface area contributed by atoms with Crippen molar-refractivity contribution in [2.45, 2.75) is 30.6 Å². The van der Waals surface area contributed by atoms with Crippen LogP contribution in [0, 0.1) is 0 Å². The van der Waals surface area contributed by atoms with Gasteiger partial charge in [0.1, 0.15) is 11.3 Å². The zero-order chi connectivity index (χ0) is 21.2. The van der Waals surface area contributed by atoms with Crippen LogP contribution in [0.1, 0.15) is 44.7 Å². The molecule has 7 N–H and O–H groups in total. The van der Waals surface area contributed by atoms with Crippen LogP contribution < -0.4 is 11.1 Å². The number of phenols is 1. The fraction of sp³-hybridized carbons (Fsp3) is 0.300. The average Bonchev–Trinajstić information content (AvgIpc) is 3.44. The van der Waals surface area contributed by atoms with E-state index in [4.69, 9.17) is 10.8 Å². The standard InChI is InChI=1S/C20H23BN2O6/c22-20(7-8-20)14-5-1-4-13(9-14)18(25)23-11-15(21(28)29)10-12-3-2-6-16(17(12)24)19(26)27/h1-6,9,15,24,28-29H,7-8,10-11,22H2,(H,23,25)(H,26,27). The molecule has 1 unspecified atom stereocenters. The molecule has 29 heavy (non-hydrogen) atoms. The zero-order valence-electron chi connectivity index (χ0n) is 15.7. The topological polar surface area (TPSA) is 153 Å². The second kappa shape index (κ2) is 8.24. The van der Waals surface area contributed by atoms with Crippen LogP contribution in [0.4, 0.5) is 0 Å². The van der Waals surface area contributed by atoms with Crippen molar-refractivity contribution in [1.82, 2.24) is 5.32 Å². The Morgan fingerprint density at radius 3 is 2.48 bits per heavy atom. The monoisotopic (exact) mass is 398 g/mol. The quantitative estimate of drug-likeness (QED) is 0.361. The number of hydrogen-bond acceptors (Lipinski definition) is 6. The fourth-order valence-electron chi connectivity index (χ4n) is 3.21. The number of nitrogens with two attached hydrogens (primary N) is 1. The number of amides is 1. The van der Waals surface area contributed by atoms with Crippen LogP contribution >= 0.6 is 0 Å². The summed E-state index contributed by atoms with van der Waals surface area (Å²) < 4.78 is 0. The molecule has 0 aromatic heterocycles. The Kier molecular flexibility index (Phi) is 5.92. The Balaban J connectivity index is 1.68. The fourth-order valence-corrected chi connectivity index (χ4v) is 3.21. The first-order chi connectivity index (χ1) is 13.7. The van der Waals surface area contributed by atoms with Gasteiger partial charge in [0.05, 0.1) is 0 Å². The molecule has 9 heteroatoms. The maximum absolute atomic E-state index is 12.5. The van der Waals surface area contributed by atoms with E-state index in [-0.39, 0.29) is 35.5 Å². The van der Waals surface area contributed by atoms with E-state index in [0.717, 1.165) is 18.4 Å². The molecular formula is C20H23BN2O6. The van der Waals surface area contributed by atoms with Crippen molar-refractivity contribution in [3.05, 3.63) is 64.7 Å². The number of benzene rings is 2. The highest BCUT2D eigenvalue weighted by Gasteiger charge is 2.40. The first kappa shape index (κ1) is 20.8. The normalized spacial score (nSPS) is 15.4. The van der Waals surface area contributed by atoms with Gasteiger partial charge < -0.3 is 31.3 Å². The number of aromatic hydroxyl groups is 1. The van der Waals surface area contributed by atoms with Crippen molar-refractivity contribution in [3.63, 3.8) is 0 Å². The van der Waals surface area contributed by atoms with Crippen LogP contribution in [-0.2, 0) is 12.0 Å². The van der Waals surface area contributed by atoms with E-state index in [1.165, 1.54) is 18.2 Å². The maximum atomic E-state index is 12.5. The van der Waals surface area contributed by atoms with E-state index in [1.807, 2.05) is 6.07 Å². The Hall–Kier alpha value is -2.88. The van der Waals surface area contributed by atoms with E-state index in [0.29, 0.717) is 5.56 Å².